The van der Waals surface area contributed by atoms with Crippen molar-refractivity contribution >= 4 is 34.3 Å². The standard InChI is InChI=1S/C21H20ClFN4O2/c22-16-6-3-4-13(20(16)23)11-25-21(29)18-8-9-26-27(18)19(28)10-14-12-24-17-7-2-1-5-15(14)17/h1-7,12,18,24,26H,8-11H2,(H,25,29)/t18-/m0/s1. The van der Waals surface area contributed by atoms with Gasteiger partial charge in [0.05, 0.1) is 11.4 Å². The van der Waals surface area contributed by atoms with Crippen molar-refractivity contribution < 1.29 is 14.0 Å². The summed E-state index contributed by atoms with van der Waals surface area (Å²) in [4.78, 5) is 28.6. The number of hydrazine groups is 1. The van der Waals surface area contributed by atoms with E-state index in [0.717, 1.165) is 16.5 Å². The quantitative estimate of drug-likeness (QED) is 0.600. The van der Waals surface area contributed by atoms with Crippen LogP contribution in [0.1, 0.15) is 17.5 Å². The van der Waals surface area contributed by atoms with Crippen molar-refractivity contribution in [2.24, 2.45) is 0 Å². The third-order valence-electron chi connectivity index (χ3n) is 5.08. The van der Waals surface area contributed by atoms with Crippen molar-refractivity contribution in [1.29, 1.82) is 0 Å². The van der Waals surface area contributed by atoms with Gasteiger partial charge in [-0.05, 0) is 24.1 Å². The fraction of sp³-hybridized carbons (Fsp3) is 0.238. The monoisotopic (exact) mass is 414 g/mol. The van der Waals surface area contributed by atoms with E-state index < -0.39 is 11.9 Å². The topological polar surface area (TPSA) is 77.2 Å². The molecule has 1 aliphatic heterocycles. The van der Waals surface area contributed by atoms with Crippen LogP contribution in [0.15, 0.2) is 48.7 Å². The zero-order chi connectivity index (χ0) is 20.4. The molecule has 3 N–H and O–H groups in total. The van der Waals surface area contributed by atoms with Crippen LogP contribution in [0.2, 0.25) is 5.02 Å². The number of amides is 2. The molecule has 0 bridgehead atoms. The summed E-state index contributed by atoms with van der Waals surface area (Å²) in [7, 11) is 0. The smallest absolute Gasteiger partial charge is 0.244 e. The molecule has 6 nitrogen and oxygen atoms in total. The van der Waals surface area contributed by atoms with Gasteiger partial charge in [0, 0.05) is 35.8 Å². The van der Waals surface area contributed by atoms with Gasteiger partial charge in [-0.1, -0.05) is 41.9 Å². The predicted octanol–water partition coefficient (Wildman–Crippen LogP) is 2.92. The number of fused-ring (bicyclic) bond motifs is 1. The average molecular weight is 415 g/mol. The highest BCUT2D eigenvalue weighted by atomic mass is 35.5. The first-order chi connectivity index (χ1) is 14.0. The van der Waals surface area contributed by atoms with Crippen LogP contribution >= 0.6 is 11.6 Å². The largest absolute Gasteiger partial charge is 0.361 e. The molecule has 2 heterocycles. The molecular formula is C21H20ClFN4O2. The van der Waals surface area contributed by atoms with Crippen molar-refractivity contribution in [3.63, 3.8) is 0 Å². The van der Waals surface area contributed by atoms with E-state index >= 15 is 0 Å². The van der Waals surface area contributed by atoms with Gasteiger partial charge in [-0.25, -0.2) is 9.82 Å². The van der Waals surface area contributed by atoms with E-state index in [-0.39, 0.29) is 29.8 Å². The van der Waals surface area contributed by atoms with Crippen LogP contribution in [0, 0.1) is 5.82 Å². The maximum absolute atomic E-state index is 14.0. The number of hydrogen-bond donors (Lipinski definition) is 3. The number of rotatable bonds is 5. The minimum absolute atomic E-state index is 0.00616. The minimum atomic E-state index is -0.644. The van der Waals surface area contributed by atoms with E-state index in [9.17, 15) is 14.0 Å². The molecule has 1 aliphatic rings. The van der Waals surface area contributed by atoms with Crippen molar-refractivity contribution in [1.82, 2.24) is 20.7 Å². The number of carbonyl (C=O) groups excluding carboxylic acids is 2. The van der Waals surface area contributed by atoms with E-state index in [1.54, 1.807) is 12.1 Å². The fourth-order valence-electron chi connectivity index (χ4n) is 3.58. The number of nitrogens with one attached hydrogen (secondary N) is 3. The number of aromatic amines is 1. The van der Waals surface area contributed by atoms with Gasteiger partial charge >= 0.3 is 0 Å². The molecular weight excluding hydrogens is 395 g/mol. The maximum Gasteiger partial charge on any atom is 0.244 e. The highest BCUT2D eigenvalue weighted by molar-refractivity contribution is 6.30. The Morgan fingerprint density at radius 2 is 2.00 bits per heavy atom. The molecule has 0 unspecified atom stereocenters. The number of carbonyl (C=O) groups is 2. The summed E-state index contributed by atoms with van der Waals surface area (Å²) in [6.07, 6.45) is 2.48. The van der Waals surface area contributed by atoms with Gasteiger partial charge in [0.2, 0.25) is 11.8 Å². The normalized spacial score (nSPS) is 16.3. The molecule has 0 saturated carbocycles. The summed E-state index contributed by atoms with van der Waals surface area (Å²) in [5.41, 5.74) is 5.12. The molecule has 8 heteroatoms. The van der Waals surface area contributed by atoms with Gasteiger partial charge < -0.3 is 10.3 Å². The SMILES string of the molecule is O=C(NCc1cccc(Cl)c1F)[C@@H]1CCNN1C(=O)Cc1c[nH]c2ccccc12. The van der Waals surface area contributed by atoms with Crippen molar-refractivity contribution in [3.8, 4) is 0 Å². The fourth-order valence-corrected chi connectivity index (χ4v) is 3.78. The molecule has 1 fully saturated rings. The summed E-state index contributed by atoms with van der Waals surface area (Å²) < 4.78 is 14.0. The molecule has 1 aromatic heterocycles. The number of halogens is 2. The number of benzene rings is 2. The zero-order valence-corrected chi connectivity index (χ0v) is 16.3. The summed E-state index contributed by atoms with van der Waals surface area (Å²) in [5.74, 6) is -1.07. The second kappa shape index (κ2) is 8.23. The van der Waals surface area contributed by atoms with E-state index in [0.29, 0.717) is 18.5 Å². The first kappa shape index (κ1) is 19.4. The summed E-state index contributed by atoms with van der Waals surface area (Å²) in [5, 5.41) is 5.08. The molecule has 4 rings (SSSR count). The molecule has 29 heavy (non-hydrogen) atoms. The van der Waals surface area contributed by atoms with Crippen LogP contribution in [0.3, 0.4) is 0 Å². The van der Waals surface area contributed by atoms with E-state index in [1.165, 1.54) is 11.1 Å². The summed E-state index contributed by atoms with van der Waals surface area (Å²) >= 11 is 5.78. The molecule has 2 aromatic carbocycles. The van der Waals surface area contributed by atoms with E-state index in [4.69, 9.17) is 11.6 Å². The van der Waals surface area contributed by atoms with Crippen LogP contribution in [0.5, 0.6) is 0 Å². The second-order valence-electron chi connectivity index (χ2n) is 6.94. The average Bonchev–Trinajstić information content (AvgIpc) is 3.37. The molecule has 3 aromatic rings. The Labute approximate surface area is 172 Å². The van der Waals surface area contributed by atoms with E-state index in [2.05, 4.69) is 15.7 Å². The molecule has 0 radical (unpaired) electrons. The van der Waals surface area contributed by atoms with Gasteiger partial charge in [-0.2, -0.15) is 0 Å². The van der Waals surface area contributed by atoms with Gasteiger partial charge in [0.1, 0.15) is 11.9 Å². The van der Waals surface area contributed by atoms with Crippen LogP contribution in [0.25, 0.3) is 10.9 Å². The first-order valence-corrected chi connectivity index (χ1v) is 9.73. The van der Waals surface area contributed by atoms with Crippen molar-refractivity contribution in [2.45, 2.75) is 25.4 Å². The summed E-state index contributed by atoms with van der Waals surface area (Å²) in [6.45, 7) is 0.523. The Balaban J connectivity index is 1.42. The lowest BCUT2D eigenvalue weighted by molar-refractivity contribution is -0.140. The predicted molar refractivity (Wildman–Crippen MR) is 109 cm³/mol. The summed E-state index contributed by atoms with van der Waals surface area (Å²) in [6, 6.07) is 11.7. The Hall–Kier alpha value is -2.90. The lowest BCUT2D eigenvalue weighted by atomic mass is 10.1. The highest BCUT2D eigenvalue weighted by Gasteiger charge is 2.34. The van der Waals surface area contributed by atoms with Crippen LogP contribution < -0.4 is 10.7 Å². The number of H-pyrrole nitrogens is 1. The van der Waals surface area contributed by atoms with Gasteiger partial charge in [-0.15, -0.1) is 0 Å². The highest BCUT2D eigenvalue weighted by Crippen LogP contribution is 2.21. The lowest BCUT2D eigenvalue weighted by Crippen LogP contribution is -2.50. The molecule has 0 spiro atoms. The Kier molecular flexibility index (Phi) is 5.51. The zero-order valence-electron chi connectivity index (χ0n) is 15.5. The van der Waals surface area contributed by atoms with Crippen molar-refractivity contribution in [3.05, 3.63) is 70.6 Å². The molecule has 1 saturated heterocycles. The van der Waals surface area contributed by atoms with Gasteiger partial charge in [0.15, 0.2) is 0 Å². The minimum Gasteiger partial charge on any atom is -0.361 e. The molecule has 2 amide bonds. The molecule has 1 atom stereocenters. The second-order valence-corrected chi connectivity index (χ2v) is 7.35. The Morgan fingerprint density at radius 1 is 1.17 bits per heavy atom. The number of aromatic nitrogens is 1. The Bertz CT molecular complexity index is 1070. The van der Waals surface area contributed by atoms with Crippen LogP contribution in [-0.2, 0) is 22.6 Å². The third kappa shape index (κ3) is 3.97. The number of hydrogen-bond acceptors (Lipinski definition) is 3. The number of nitrogens with zero attached hydrogens (tertiary/aromatic N) is 1. The molecule has 0 aliphatic carbocycles. The maximum atomic E-state index is 14.0. The third-order valence-corrected chi connectivity index (χ3v) is 5.38. The molecule has 150 valence electrons. The van der Waals surface area contributed by atoms with Crippen LogP contribution in [-0.4, -0.2) is 34.4 Å². The van der Waals surface area contributed by atoms with Gasteiger partial charge in [-0.3, -0.25) is 14.6 Å². The lowest BCUT2D eigenvalue weighted by Gasteiger charge is -2.23. The van der Waals surface area contributed by atoms with Crippen molar-refractivity contribution in [2.75, 3.05) is 6.54 Å². The Morgan fingerprint density at radius 3 is 2.86 bits per heavy atom. The first-order valence-electron chi connectivity index (χ1n) is 9.36. The van der Waals surface area contributed by atoms with E-state index in [1.807, 2.05) is 30.5 Å². The number of para-hydroxylation sites is 1. The van der Waals surface area contributed by atoms with Gasteiger partial charge in [0.25, 0.3) is 0 Å². The van der Waals surface area contributed by atoms with Crippen LogP contribution in [0.4, 0.5) is 4.39 Å².